The van der Waals surface area contributed by atoms with Gasteiger partial charge >= 0.3 is 0 Å². The monoisotopic (exact) mass is 380 g/mol. The van der Waals surface area contributed by atoms with Crippen molar-refractivity contribution < 1.29 is 13.9 Å². The zero-order chi connectivity index (χ0) is 16.8. The first kappa shape index (κ1) is 17.3. The Hall–Kier alpha value is -2.08. The summed E-state index contributed by atoms with van der Waals surface area (Å²) >= 11 is 3.39. The number of rotatable bonds is 6. The van der Waals surface area contributed by atoms with E-state index in [1.807, 2.05) is 25.1 Å². The number of amides is 1. The third kappa shape index (κ3) is 4.69. The van der Waals surface area contributed by atoms with Crippen molar-refractivity contribution in [2.24, 2.45) is 0 Å². The number of anilines is 2. The van der Waals surface area contributed by atoms with E-state index in [0.717, 1.165) is 4.47 Å². The molecule has 0 saturated carbocycles. The molecule has 4 nitrogen and oxygen atoms in total. The van der Waals surface area contributed by atoms with Gasteiger partial charge in [0.2, 0.25) is 5.91 Å². The first-order valence-corrected chi connectivity index (χ1v) is 8.05. The summed E-state index contributed by atoms with van der Waals surface area (Å²) in [7, 11) is 0. The Bertz CT molecular complexity index is 694. The van der Waals surface area contributed by atoms with E-state index in [9.17, 15) is 9.18 Å². The van der Waals surface area contributed by atoms with E-state index in [4.69, 9.17) is 4.74 Å². The van der Waals surface area contributed by atoms with Crippen molar-refractivity contribution in [2.45, 2.75) is 19.9 Å². The van der Waals surface area contributed by atoms with Crippen LogP contribution in [-0.2, 0) is 4.79 Å². The molecule has 0 bridgehead atoms. The second kappa shape index (κ2) is 7.97. The van der Waals surface area contributed by atoms with E-state index in [0.29, 0.717) is 18.0 Å². The lowest BCUT2D eigenvalue weighted by atomic mass is 10.2. The maximum atomic E-state index is 13.6. The Morgan fingerprint density at radius 1 is 1.26 bits per heavy atom. The van der Waals surface area contributed by atoms with Crippen LogP contribution in [0.3, 0.4) is 0 Å². The lowest BCUT2D eigenvalue weighted by molar-refractivity contribution is -0.116. The van der Waals surface area contributed by atoms with E-state index in [1.54, 1.807) is 19.1 Å². The molecule has 1 atom stereocenters. The standard InChI is InChI=1S/C17H18BrFN2O2/c1-3-23-16-9-8-12(18)10-15(16)20-11(2)17(22)21-14-7-5-4-6-13(14)19/h4-11,20H,3H2,1-2H3,(H,21,22). The summed E-state index contributed by atoms with van der Waals surface area (Å²) in [5, 5.41) is 5.65. The van der Waals surface area contributed by atoms with Crippen molar-refractivity contribution in [1.82, 2.24) is 0 Å². The van der Waals surface area contributed by atoms with Gasteiger partial charge in [-0.3, -0.25) is 4.79 Å². The predicted octanol–water partition coefficient (Wildman–Crippen LogP) is 4.43. The quantitative estimate of drug-likeness (QED) is 0.779. The highest BCUT2D eigenvalue weighted by Gasteiger charge is 2.16. The molecule has 0 saturated heterocycles. The van der Waals surface area contributed by atoms with E-state index in [2.05, 4.69) is 26.6 Å². The van der Waals surface area contributed by atoms with Crippen LogP contribution in [0, 0.1) is 5.82 Å². The Kier molecular flexibility index (Phi) is 5.98. The first-order chi connectivity index (χ1) is 11.0. The Morgan fingerprint density at radius 3 is 2.70 bits per heavy atom. The largest absolute Gasteiger partial charge is 0.492 e. The molecule has 0 spiro atoms. The van der Waals surface area contributed by atoms with E-state index < -0.39 is 11.9 Å². The number of halogens is 2. The number of benzene rings is 2. The Morgan fingerprint density at radius 2 is 2.00 bits per heavy atom. The molecule has 1 amide bonds. The van der Waals surface area contributed by atoms with E-state index in [-0.39, 0.29) is 11.6 Å². The normalized spacial score (nSPS) is 11.7. The molecule has 1 unspecified atom stereocenters. The molecule has 2 rings (SSSR count). The van der Waals surface area contributed by atoms with Gasteiger partial charge in [0, 0.05) is 4.47 Å². The van der Waals surface area contributed by atoms with Crippen LogP contribution < -0.4 is 15.4 Å². The maximum absolute atomic E-state index is 13.6. The second-order valence-corrected chi connectivity index (χ2v) is 5.82. The molecule has 0 fully saturated rings. The van der Waals surface area contributed by atoms with Gasteiger partial charge in [0.1, 0.15) is 17.6 Å². The zero-order valence-electron chi connectivity index (χ0n) is 12.9. The second-order valence-electron chi connectivity index (χ2n) is 4.91. The number of carbonyl (C=O) groups is 1. The van der Waals surface area contributed by atoms with Gasteiger partial charge in [-0.05, 0) is 44.2 Å². The van der Waals surface area contributed by atoms with Crippen LogP contribution in [0.5, 0.6) is 5.75 Å². The molecule has 0 aromatic heterocycles. The van der Waals surface area contributed by atoms with Gasteiger partial charge in [-0.15, -0.1) is 0 Å². The summed E-state index contributed by atoms with van der Waals surface area (Å²) in [6.07, 6.45) is 0. The minimum atomic E-state index is -0.567. The zero-order valence-corrected chi connectivity index (χ0v) is 14.5. The van der Waals surface area contributed by atoms with Crippen molar-refractivity contribution in [3.05, 3.63) is 52.8 Å². The summed E-state index contributed by atoms with van der Waals surface area (Å²) in [4.78, 5) is 12.2. The van der Waals surface area contributed by atoms with Crippen LogP contribution in [-0.4, -0.2) is 18.6 Å². The lowest BCUT2D eigenvalue weighted by Crippen LogP contribution is -2.32. The highest BCUT2D eigenvalue weighted by molar-refractivity contribution is 9.10. The summed E-state index contributed by atoms with van der Waals surface area (Å²) < 4.78 is 20.0. The van der Waals surface area contributed by atoms with Gasteiger partial charge in [0.25, 0.3) is 0 Å². The van der Waals surface area contributed by atoms with Crippen molar-refractivity contribution in [3.63, 3.8) is 0 Å². The van der Waals surface area contributed by atoms with Crippen LogP contribution in [0.25, 0.3) is 0 Å². The third-order valence-electron chi connectivity index (χ3n) is 3.14. The third-order valence-corrected chi connectivity index (χ3v) is 3.63. The average molecular weight is 381 g/mol. The Balaban J connectivity index is 2.09. The van der Waals surface area contributed by atoms with Crippen LogP contribution in [0.1, 0.15) is 13.8 Å². The first-order valence-electron chi connectivity index (χ1n) is 7.25. The molecular weight excluding hydrogens is 363 g/mol. The highest BCUT2D eigenvalue weighted by atomic mass is 79.9. The fourth-order valence-corrected chi connectivity index (χ4v) is 2.36. The number of para-hydroxylation sites is 1. The van der Waals surface area contributed by atoms with Gasteiger partial charge in [0.15, 0.2) is 0 Å². The summed E-state index contributed by atoms with van der Waals surface area (Å²) in [6, 6.07) is 11.0. The van der Waals surface area contributed by atoms with Gasteiger partial charge < -0.3 is 15.4 Å². The molecule has 23 heavy (non-hydrogen) atoms. The van der Waals surface area contributed by atoms with Crippen molar-refractivity contribution >= 4 is 33.2 Å². The molecule has 2 N–H and O–H groups in total. The molecule has 0 aliphatic carbocycles. The number of hydrogen-bond acceptors (Lipinski definition) is 3. The van der Waals surface area contributed by atoms with Crippen LogP contribution in [0.15, 0.2) is 46.9 Å². The summed E-state index contributed by atoms with van der Waals surface area (Å²) in [5.74, 6) is -0.149. The van der Waals surface area contributed by atoms with E-state index >= 15 is 0 Å². The molecule has 0 aliphatic rings. The molecule has 0 radical (unpaired) electrons. The fraction of sp³-hybridized carbons (Fsp3) is 0.235. The molecule has 2 aromatic rings. The van der Waals surface area contributed by atoms with Gasteiger partial charge in [0.05, 0.1) is 18.0 Å². The van der Waals surface area contributed by atoms with Gasteiger partial charge in [-0.25, -0.2) is 4.39 Å². The van der Waals surface area contributed by atoms with Crippen LogP contribution >= 0.6 is 15.9 Å². The topological polar surface area (TPSA) is 50.4 Å². The summed E-state index contributed by atoms with van der Waals surface area (Å²) in [6.45, 7) is 4.11. The fourth-order valence-electron chi connectivity index (χ4n) is 2.00. The Labute approximate surface area is 143 Å². The summed E-state index contributed by atoms with van der Waals surface area (Å²) in [5.41, 5.74) is 0.850. The number of nitrogens with one attached hydrogen (secondary N) is 2. The number of ether oxygens (including phenoxy) is 1. The number of carbonyl (C=O) groups excluding carboxylic acids is 1. The average Bonchev–Trinajstić information content (AvgIpc) is 2.52. The highest BCUT2D eigenvalue weighted by Crippen LogP contribution is 2.29. The van der Waals surface area contributed by atoms with Crippen molar-refractivity contribution in [2.75, 3.05) is 17.2 Å². The van der Waals surface area contributed by atoms with Crippen LogP contribution in [0.2, 0.25) is 0 Å². The van der Waals surface area contributed by atoms with Gasteiger partial charge in [-0.1, -0.05) is 28.1 Å². The van der Waals surface area contributed by atoms with Crippen molar-refractivity contribution in [3.8, 4) is 5.75 Å². The number of hydrogen-bond donors (Lipinski definition) is 2. The molecule has 2 aromatic carbocycles. The van der Waals surface area contributed by atoms with E-state index in [1.165, 1.54) is 12.1 Å². The van der Waals surface area contributed by atoms with Crippen molar-refractivity contribution in [1.29, 1.82) is 0 Å². The molecule has 6 heteroatoms. The maximum Gasteiger partial charge on any atom is 0.246 e. The van der Waals surface area contributed by atoms with Crippen LogP contribution in [0.4, 0.5) is 15.8 Å². The molecule has 0 heterocycles. The minimum absolute atomic E-state index is 0.158. The molecular formula is C17H18BrFN2O2. The predicted molar refractivity (Wildman–Crippen MR) is 93.4 cm³/mol. The molecule has 122 valence electrons. The SMILES string of the molecule is CCOc1ccc(Br)cc1NC(C)C(=O)Nc1ccccc1F. The van der Waals surface area contributed by atoms with Gasteiger partial charge in [-0.2, -0.15) is 0 Å². The lowest BCUT2D eigenvalue weighted by Gasteiger charge is -2.18. The minimum Gasteiger partial charge on any atom is -0.492 e. The smallest absolute Gasteiger partial charge is 0.246 e. The molecule has 0 aliphatic heterocycles.